The molecule has 2 amide bonds. The van der Waals surface area contributed by atoms with E-state index in [0.29, 0.717) is 35.2 Å². The molecular formula is C18H17ClN2O4. The molecule has 0 saturated heterocycles. The van der Waals surface area contributed by atoms with Crippen LogP contribution in [0.1, 0.15) is 12.0 Å². The number of benzene rings is 2. The zero-order chi connectivity index (χ0) is 17.6. The van der Waals surface area contributed by atoms with Gasteiger partial charge in [0, 0.05) is 23.3 Å². The van der Waals surface area contributed by atoms with Crippen molar-refractivity contribution in [2.45, 2.75) is 12.8 Å². The predicted octanol–water partition coefficient (Wildman–Crippen LogP) is 2.76. The van der Waals surface area contributed by atoms with E-state index in [1.807, 2.05) is 12.1 Å². The van der Waals surface area contributed by atoms with E-state index >= 15 is 0 Å². The highest BCUT2D eigenvalue weighted by atomic mass is 35.5. The molecule has 1 heterocycles. The molecule has 0 aromatic heterocycles. The fourth-order valence-corrected chi connectivity index (χ4v) is 2.51. The van der Waals surface area contributed by atoms with Gasteiger partial charge in [0.2, 0.25) is 18.6 Å². The summed E-state index contributed by atoms with van der Waals surface area (Å²) >= 11 is 5.82. The van der Waals surface area contributed by atoms with Crippen molar-refractivity contribution in [1.29, 1.82) is 0 Å². The van der Waals surface area contributed by atoms with Crippen molar-refractivity contribution in [1.82, 2.24) is 5.32 Å². The molecule has 0 bridgehead atoms. The quantitative estimate of drug-likeness (QED) is 0.777. The van der Waals surface area contributed by atoms with Gasteiger partial charge >= 0.3 is 0 Å². The topological polar surface area (TPSA) is 76.7 Å². The van der Waals surface area contributed by atoms with Crippen molar-refractivity contribution in [3.63, 3.8) is 0 Å². The summed E-state index contributed by atoms with van der Waals surface area (Å²) < 4.78 is 10.4. The molecule has 25 heavy (non-hydrogen) atoms. The van der Waals surface area contributed by atoms with Gasteiger partial charge in [0.15, 0.2) is 11.5 Å². The number of hydrogen-bond acceptors (Lipinski definition) is 4. The van der Waals surface area contributed by atoms with Crippen LogP contribution in [-0.2, 0) is 16.0 Å². The summed E-state index contributed by atoms with van der Waals surface area (Å²) in [7, 11) is 0. The third-order valence-electron chi connectivity index (χ3n) is 3.63. The standard InChI is InChI=1S/C18H17ClN2O4/c19-13-3-1-12(2-4-13)7-8-20-17(22)10-18(23)21-14-5-6-15-16(9-14)25-11-24-15/h1-6,9H,7-8,10-11H2,(H,20,22)(H,21,23). The summed E-state index contributed by atoms with van der Waals surface area (Å²) in [4.78, 5) is 23.8. The van der Waals surface area contributed by atoms with Crippen LogP contribution in [0, 0.1) is 0 Å². The lowest BCUT2D eigenvalue weighted by Crippen LogP contribution is -2.29. The predicted molar refractivity (Wildman–Crippen MR) is 94.0 cm³/mol. The Hall–Kier alpha value is -2.73. The maximum absolute atomic E-state index is 11.9. The van der Waals surface area contributed by atoms with Crippen molar-refractivity contribution in [2.75, 3.05) is 18.7 Å². The van der Waals surface area contributed by atoms with Crippen LogP contribution in [-0.4, -0.2) is 25.2 Å². The summed E-state index contributed by atoms with van der Waals surface area (Å²) in [5.41, 5.74) is 1.62. The Kier molecular flexibility index (Phi) is 5.40. The van der Waals surface area contributed by atoms with Crippen LogP contribution in [0.2, 0.25) is 5.02 Å². The summed E-state index contributed by atoms with van der Waals surface area (Å²) in [5.74, 6) is 0.498. The van der Waals surface area contributed by atoms with Gasteiger partial charge in [-0.15, -0.1) is 0 Å². The Labute approximate surface area is 150 Å². The van der Waals surface area contributed by atoms with Crippen molar-refractivity contribution < 1.29 is 19.1 Å². The Morgan fingerprint density at radius 1 is 1.00 bits per heavy atom. The number of halogens is 1. The molecule has 0 atom stereocenters. The third-order valence-corrected chi connectivity index (χ3v) is 3.88. The van der Waals surface area contributed by atoms with E-state index in [1.165, 1.54) is 0 Å². The second-order valence-corrected chi connectivity index (χ2v) is 5.96. The lowest BCUT2D eigenvalue weighted by Gasteiger charge is -2.07. The highest BCUT2D eigenvalue weighted by Gasteiger charge is 2.15. The van der Waals surface area contributed by atoms with Gasteiger partial charge in [-0.05, 0) is 36.2 Å². The van der Waals surface area contributed by atoms with E-state index in [4.69, 9.17) is 21.1 Å². The molecule has 130 valence electrons. The van der Waals surface area contributed by atoms with Crippen molar-refractivity contribution in [3.8, 4) is 11.5 Å². The summed E-state index contributed by atoms with van der Waals surface area (Å²) in [6, 6.07) is 12.5. The zero-order valence-electron chi connectivity index (χ0n) is 13.4. The molecule has 0 radical (unpaired) electrons. The second-order valence-electron chi connectivity index (χ2n) is 5.52. The van der Waals surface area contributed by atoms with Gasteiger partial charge in [-0.1, -0.05) is 23.7 Å². The first-order chi connectivity index (χ1) is 12.1. The SMILES string of the molecule is O=C(CC(=O)Nc1ccc2c(c1)OCO2)NCCc1ccc(Cl)cc1. The second kappa shape index (κ2) is 7.90. The van der Waals surface area contributed by atoms with Crippen LogP contribution in [0.15, 0.2) is 42.5 Å². The molecule has 0 unspecified atom stereocenters. The maximum Gasteiger partial charge on any atom is 0.233 e. The minimum Gasteiger partial charge on any atom is -0.454 e. The number of rotatable bonds is 6. The number of ether oxygens (including phenoxy) is 2. The first-order valence-corrected chi connectivity index (χ1v) is 8.18. The van der Waals surface area contributed by atoms with Crippen molar-refractivity contribution >= 4 is 29.1 Å². The number of anilines is 1. The van der Waals surface area contributed by atoms with Crippen molar-refractivity contribution in [3.05, 3.63) is 53.1 Å². The number of amides is 2. The molecule has 0 aliphatic carbocycles. The number of carbonyl (C=O) groups is 2. The van der Waals surface area contributed by atoms with E-state index in [0.717, 1.165) is 5.56 Å². The zero-order valence-corrected chi connectivity index (χ0v) is 14.1. The molecule has 0 spiro atoms. The highest BCUT2D eigenvalue weighted by Crippen LogP contribution is 2.34. The van der Waals surface area contributed by atoms with Crippen LogP contribution < -0.4 is 20.1 Å². The molecule has 0 saturated carbocycles. The molecule has 3 rings (SSSR count). The summed E-state index contributed by atoms with van der Waals surface area (Å²) in [6.45, 7) is 0.626. The first kappa shape index (κ1) is 17.1. The van der Waals surface area contributed by atoms with Gasteiger partial charge in [0.25, 0.3) is 0 Å². The number of nitrogens with one attached hydrogen (secondary N) is 2. The fourth-order valence-electron chi connectivity index (χ4n) is 2.39. The molecular weight excluding hydrogens is 344 g/mol. The van der Waals surface area contributed by atoms with Crippen molar-refractivity contribution in [2.24, 2.45) is 0 Å². The Balaban J connectivity index is 1.41. The van der Waals surface area contributed by atoms with Gasteiger partial charge in [-0.3, -0.25) is 9.59 Å². The molecule has 2 aromatic rings. The summed E-state index contributed by atoms with van der Waals surface area (Å²) in [5, 5.41) is 6.07. The smallest absolute Gasteiger partial charge is 0.233 e. The molecule has 2 aromatic carbocycles. The number of carbonyl (C=O) groups excluding carboxylic acids is 2. The fraction of sp³-hybridized carbons (Fsp3) is 0.222. The van der Waals surface area contributed by atoms with Gasteiger partial charge < -0.3 is 20.1 Å². The molecule has 0 fully saturated rings. The van der Waals surface area contributed by atoms with Gasteiger partial charge in [-0.25, -0.2) is 0 Å². The van der Waals surface area contributed by atoms with E-state index in [-0.39, 0.29) is 25.0 Å². The Morgan fingerprint density at radius 2 is 1.76 bits per heavy atom. The van der Waals surface area contributed by atoms with E-state index < -0.39 is 0 Å². The monoisotopic (exact) mass is 360 g/mol. The van der Waals surface area contributed by atoms with E-state index in [1.54, 1.807) is 30.3 Å². The van der Waals surface area contributed by atoms with Crippen LogP contribution in [0.3, 0.4) is 0 Å². The molecule has 1 aliphatic heterocycles. The van der Waals surface area contributed by atoms with Crippen LogP contribution in [0.5, 0.6) is 11.5 Å². The van der Waals surface area contributed by atoms with Gasteiger partial charge in [-0.2, -0.15) is 0 Å². The minimum absolute atomic E-state index is 0.169. The Bertz CT molecular complexity index is 777. The molecule has 6 nitrogen and oxygen atoms in total. The van der Waals surface area contributed by atoms with Crippen LogP contribution >= 0.6 is 11.6 Å². The van der Waals surface area contributed by atoms with E-state index in [2.05, 4.69) is 10.6 Å². The average Bonchev–Trinajstić information content (AvgIpc) is 3.04. The first-order valence-electron chi connectivity index (χ1n) is 7.81. The van der Waals surface area contributed by atoms with E-state index in [9.17, 15) is 9.59 Å². The lowest BCUT2D eigenvalue weighted by molar-refractivity contribution is -0.126. The Morgan fingerprint density at radius 3 is 2.56 bits per heavy atom. The highest BCUT2D eigenvalue weighted by molar-refractivity contribution is 6.30. The molecule has 7 heteroatoms. The number of fused-ring (bicyclic) bond motifs is 1. The largest absolute Gasteiger partial charge is 0.454 e. The third kappa shape index (κ3) is 4.87. The lowest BCUT2D eigenvalue weighted by atomic mass is 10.1. The van der Waals surface area contributed by atoms with Gasteiger partial charge in [0.05, 0.1) is 0 Å². The molecule has 1 aliphatic rings. The average molecular weight is 361 g/mol. The normalized spacial score (nSPS) is 11.9. The van der Waals surface area contributed by atoms with Crippen LogP contribution in [0.25, 0.3) is 0 Å². The van der Waals surface area contributed by atoms with Gasteiger partial charge in [0.1, 0.15) is 6.42 Å². The molecule has 2 N–H and O–H groups in total. The van der Waals surface area contributed by atoms with Crippen LogP contribution in [0.4, 0.5) is 5.69 Å². The minimum atomic E-state index is -0.386. The number of hydrogen-bond donors (Lipinski definition) is 2. The summed E-state index contributed by atoms with van der Waals surface area (Å²) in [6.07, 6.45) is 0.432. The maximum atomic E-state index is 11.9.